The first-order chi connectivity index (χ1) is 8.13. The Balaban J connectivity index is 2.25. The van der Waals surface area contributed by atoms with E-state index in [9.17, 15) is 4.79 Å². The predicted octanol–water partition coefficient (Wildman–Crippen LogP) is 1.40. The smallest absolute Gasteiger partial charge is 0.223 e. The standard InChI is InChI=1S/C13H26N2O2/c1-4-15(10-12-6-5-9-17-12)13(16)7-8-14-11(2)3/h11-12,14H,4-10H2,1-3H3. The minimum atomic E-state index is 0.233. The van der Waals surface area contributed by atoms with Crippen molar-refractivity contribution in [1.29, 1.82) is 0 Å². The van der Waals surface area contributed by atoms with E-state index in [1.54, 1.807) is 0 Å². The zero-order valence-electron chi connectivity index (χ0n) is 11.4. The monoisotopic (exact) mass is 242 g/mol. The Morgan fingerprint density at radius 1 is 1.53 bits per heavy atom. The Hall–Kier alpha value is -0.610. The molecule has 0 spiro atoms. The molecule has 0 bridgehead atoms. The lowest BCUT2D eigenvalue weighted by molar-refractivity contribution is -0.132. The van der Waals surface area contributed by atoms with Gasteiger partial charge in [-0.2, -0.15) is 0 Å². The average molecular weight is 242 g/mol. The van der Waals surface area contributed by atoms with Gasteiger partial charge in [-0.3, -0.25) is 4.79 Å². The highest BCUT2D eigenvalue weighted by atomic mass is 16.5. The second-order valence-electron chi connectivity index (χ2n) is 4.93. The summed E-state index contributed by atoms with van der Waals surface area (Å²) in [6.07, 6.45) is 3.06. The van der Waals surface area contributed by atoms with E-state index in [2.05, 4.69) is 19.2 Å². The van der Waals surface area contributed by atoms with Crippen LogP contribution in [0, 0.1) is 0 Å². The number of nitrogens with one attached hydrogen (secondary N) is 1. The number of hydrogen-bond donors (Lipinski definition) is 1. The molecule has 1 heterocycles. The van der Waals surface area contributed by atoms with Crippen LogP contribution in [-0.4, -0.2) is 49.2 Å². The van der Waals surface area contributed by atoms with Crippen molar-refractivity contribution in [2.24, 2.45) is 0 Å². The summed E-state index contributed by atoms with van der Waals surface area (Å²) in [5, 5.41) is 3.27. The fourth-order valence-electron chi connectivity index (χ4n) is 2.07. The third kappa shape index (κ3) is 5.50. The fourth-order valence-corrected chi connectivity index (χ4v) is 2.07. The van der Waals surface area contributed by atoms with E-state index in [-0.39, 0.29) is 12.0 Å². The first-order valence-corrected chi connectivity index (χ1v) is 6.76. The summed E-state index contributed by atoms with van der Waals surface area (Å²) >= 11 is 0. The largest absolute Gasteiger partial charge is 0.376 e. The number of ether oxygens (including phenoxy) is 1. The molecule has 0 aromatic heterocycles. The van der Waals surface area contributed by atoms with Crippen LogP contribution in [0.2, 0.25) is 0 Å². The summed E-state index contributed by atoms with van der Waals surface area (Å²) in [6, 6.07) is 0.441. The molecule has 0 aromatic carbocycles. The van der Waals surface area contributed by atoms with Gasteiger partial charge in [-0.25, -0.2) is 0 Å². The van der Waals surface area contributed by atoms with Gasteiger partial charge in [-0.1, -0.05) is 13.8 Å². The highest BCUT2D eigenvalue weighted by molar-refractivity contribution is 5.76. The molecule has 1 fully saturated rings. The van der Waals surface area contributed by atoms with Crippen LogP contribution in [0.4, 0.5) is 0 Å². The quantitative estimate of drug-likeness (QED) is 0.734. The third-order valence-corrected chi connectivity index (χ3v) is 3.07. The summed E-state index contributed by atoms with van der Waals surface area (Å²) in [5.74, 6) is 0.233. The van der Waals surface area contributed by atoms with Gasteiger partial charge in [0.1, 0.15) is 0 Å². The summed E-state index contributed by atoms with van der Waals surface area (Å²) in [7, 11) is 0. The Kier molecular flexibility index (Phi) is 6.52. The van der Waals surface area contributed by atoms with Crippen molar-refractivity contribution in [1.82, 2.24) is 10.2 Å². The molecule has 1 amide bonds. The highest BCUT2D eigenvalue weighted by Gasteiger charge is 2.21. The molecule has 0 saturated carbocycles. The zero-order chi connectivity index (χ0) is 12.7. The Morgan fingerprint density at radius 2 is 2.29 bits per heavy atom. The number of hydrogen-bond acceptors (Lipinski definition) is 3. The fraction of sp³-hybridized carbons (Fsp3) is 0.923. The number of likely N-dealkylation sites (N-methyl/N-ethyl adjacent to an activating group) is 1. The van der Waals surface area contributed by atoms with Crippen molar-refractivity contribution in [2.75, 3.05) is 26.2 Å². The van der Waals surface area contributed by atoms with Crippen molar-refractivity contribution in [3.05, 3.63) is 0 Å². The molecule has 1 unspecified atom stereocenters. The van der Waals surface area contributed by atoms with Gasteiger partial charge < -0.3 is 15.0 Å². The number of nitrogens with zero attached hydrogens (tertiary/aromatic N) is 1. The van der Waals surface area contributed by atoms with Crippen LogP contribution < -0.4 is 5.32 Å². The van der Waals surface area contributed by atoms with Gasteiger partial charge in [0.05, 0.1) is 6.10 Å². The Morgan fingerprint density at radius 3 is 2.82 bits per heavy atom. The summed E-state index contributed by atoms with van der Waals surface area (Å²) in [6.45, 7) is 9.37. The molecular weight excluding hydrogens is 216 g/mol. The van der Waals surface area contributed by atoms with E-state index >= 15 is 0 Å². The number of carbonyl (C=O) groups is 1. The molecule has 4 heteroatoms. The van der Waals surface area contributed by atoms with Crippen LogP contribution in [-0.2, 0) is 9.53 Å². The normalized spacial score (nSPS) is 19.9. The highest BCUT2D eigenvalue weighted by Crippen LogP contribution is 2.13. The van der Waals surface area contributed by atoms with Crippen LogP contribution >= 0.6 is 0 Å². The first-order valence-electron chi connectivity index (χ1n) is 6.76. The lowest BCUT2D eigenvalue weighted by Gasteiger charge is -2.24. The number of rotatable bonds is 7. The average Bonchev–Trinajstić information content (AvgIpc) is 2.77. The maximum atomic E-state index is 12.0. The number of carbonyl (C=O) groups excluding carboxylic acids is 1. The van der Waals surface area contributed by atoms with Crippen LogP contribution in [0.25, 0.3) is 0 Å². The van der Waals surface area contributed by atoms with E-state index in [1.807, 2.05) is 11.8 Å². The summed E-state index contributed by atoms with van der Waals surface area (Å²) in [4.78, 5) is 13.9. The summed E-state index contributed by atoms with van der Waals surface area (Å²) < 4.78 is 5.57. The molecule has 1 atom stereocenters. The van der Waals surface area contributed by atoms with Gasteiger partial charge in [0.2, 0.25) is 5.91 Å². The minimum absolute atomic E-state index is 0.233. The van der Waals surface area contributed by atoms with Crippen molar-refractivity contribution in [2.45, 2.75) is 52.2 Å². The van der Waals surface area contributed by atoms with E-state index in [0.717, 1.165) is 39.1 Å². The van der Waals surface area contributed by atoms with Gasteiger partial charge >= 0.3 is 0 Å². The first kappa shape index (κ1) is 14.5. The van der Waals surface area contributed by atoms with Gasteiger partial charge in [0.15, 0.2) is 0 Å². The van der Waals surface area contributed by atoms with E-state index in [4.69, 9.17) is 4.74 Å². The van der Waals surface area contributed by atoms with E-state index in [1.165, 1.54) is 0 Å². The molecule has 1 saturated heterocycles. The molecule has 1 aliphatic heterocycles. The maximum absolute atomic E-state index is 12.0. The summed E-state index contributed by atoms with van der Waals surface area (Å²) in [5.41, 5.74) is 0. The van der Waals surface area contributed by atoms with Gasteiger partial charge in [0, 0.05) is 38.7 Å². The van der Waals surface area contributed by atoms with E-state index < -0.39 is 0 Å². The van der Waals surface area contributed by atoms with Crippen LogP contribution in [0.15, 0.2) is 0 Å². The molecule has 0 radical (unpaired) electrons. The SMILES string of the molecule is CCN(CC1CCCO1)C(=O)CCNC(C)C. The van der Waals surface area contributed by atoms with Crippen molar-refractivity contribution >= 4 is 5.91 Å². The molecule has 4 nitrogen and oxygen atoms in total. The number of amides is 1. The molecule has 1 aliphatic rings. The third-order valence-electron chi connectivity index (χ3n) is 3.07. The molecular formula is C13H26N2O2. The van der Waals surface area contributed by atoms with Crippen LogP contribution in [0.3, 0.4) is 0 Å². The van der Waals surface area contributed by atoms with Crippen LogP contribution in [0.1, 0.15) is 40.0 Å². The Labute approximate surface area is 105 Å². The van der Waals surface area contributed by atoms with Crippen molar-refractivity contribution in [3.8, 4) is 0 Å². The molecule has 17 heavy (non-hydrogen) atoms. The van der Waals surface area contributed by atoms with Crippen molar-refractivity contribution < 1.29 is 9.53 Å². The maximum Gasteiger partial charge on any atom is 0.223 e. The van der Waals surface area contributed by atoms with Gasteiger partial charge in [-0.15, -0.1) is 0 Å². The second kappa shape index (κ2) is 7.67. The molecule has 0 aromatic rings. The molecule has 100 valence electrons. The lowest BCUT2D eigenvalue weighted by atomic mass is 10.2. The van der Waals surface area contributed by atoms with Gasteiger partial charge in [0.25, 0.3) is 0 Å². The second-order valence-corrected chi connectivity index (χ2v) is 4.93. The predicted molar refractivity (Wildman–Crippen MR) is 69.0 cm³/mol. The molecule has 1 N–H and O–H groups in total. The zero-order valence-corrected chi connectivity index (χ0v) is 11.4. The lowest BCUT2D eigenvalue weighted by Crippen LogP contribution is -2.39. The minimum Gasteiger partial charge on any atom is -0.376 e. The molecule has 1 rings (SSSR count). The van der Waals surface area contributed by atoms with Crippen LogP contribution in [0.5, 0.6) is 0 Å². The molecule has 0 aliphatic carbocycles. The van der Waals surface area contributed by atoms with Gasteiger partial charge in [-0.05, 0) is 19.8 Å². The van der Waals surface area contributed by atoms with Crippen molar-refractivity contribution in [3.63, 3.8) is 0 Å². The topological polar surface area (TPSA) is 41.6 Å². The van der Waals surface area contributed by atoms with E-state index in [0.29, 0.717) is 12.5 Å². The Bertz CT molecular complexity index is 225.